The van der Waals surface area contributed by atoms with Gasteiger partial charge in [0.25, 0.3) is 0 Å². The average Bonchev–Trinajstić information content (AvgIpc) is 2.85. The third-order valence-electron chi connectivity index (χ3n) is 5.69. The van der Waals surface area contributed by atoms with E-state index in [0.717, 1.165) is 53.0 Å². The van der Waals surface area contributed by atoms with Gasteiger partial charge in [-0.25, -0.2) is 4.39 Å². The minimum atomic E-state index is -0.302. The molecule has 174 valence electrons. The molecular weight excluding hydrogens is 403 g/mol. The summed E-state index contributed by atoms with van der Waals surface area (Å²) in [6, 6.07) is 7.75. The molecule has 1 N–H and O–H groups in total. The van der Waals surface area contributed by atoms with Crippen molar-refractivity contribution >= 4 is 17.3 Å². The second-order valence-corrected chi connectivity index (χ2v) is 10.5. The van der Waals surface area contributed by atoms with E-state index in [4.69, 9.17) is 4.74 Å². The highest BCUT2D eigenvalue weighted by molar-refractivity contribution is 5.93. The van der Waals surface area contributed by atoms with Crippen molar-refractivity contribution in [2.75, 3.05) is 16.8 Å². The number of anilines is 2. The van der Waals surface area contributed by atoms with E-state index in [1.807, 2.05) is 33.8 Å². The summed E-state index contributed by atoms with van der Waals surface area (Å²) in [5.74, 6) is 0.0767. The first-order valence-corrected chi connectivity index (χ1v) is 11.6. The molecule has 0 saturated heterocycles. The number of aryl methyl sites for hydroxylation is 3. The highest BCUT2D eigenvalue weighted by atomic mass is 19.1. The Hall–Kier alpha value is -2.56. The lowest BCUT2D eigenvalue weighted by atomic mass is 9.92. The standard InChI is InChI=1S/C27H37FN2O2/c1-17(2)32-24-14-20-9-8-10-30(16-21(20)13-23(24)28)22-11-18(3)26(19(4)12-22)29-25(31)15-27(5,6)7/h11-14,17H,8-10,15-16H2,1-7H3,(H,29,31). The van der Waals surface area contributed by atoms with E-state index in [0.29, 0.717) is 18.7 Å². The van der Waals surface area contributed by atoms with E-state index >= 15 is 0 Å². The summed E-state index contributed by atoms with van der Waals surface area (Å²) in [5, 5.41) is 3.10. The lowest BCUT2D eigenvalue weighted by Gasteiger charge is -2.26. The summed E-state index contributed by atoms with van der Waals surface area (Å²) in [4.78, 5) is 14.8. The molecule has 0 aromatic heterocycles. The molecule has 0 atom stereocenters. The lowest BCUT2D eigenvalue weighted by Crippen LogP contribution is -2.24. The minimum absolute atomic E-state index is 0.0371. The molecule has 5 heteroatoms. The first-order valence-electron chi connectivity index (χ1n) is 11.6. The average molecular weight is 441 g/mol. The van der Waals surface area contributed by atoms with Crippen molar-refractivity contribution in [3.63, 3.8) is 0 Å². The molecule has 0 unspecified atom stereocenters. The number of hydrogen-bond acceptors (Lipinski definition) is 3. The molecule has 2 aromatic carbocycles. The molecule has 32 heavy (non-hydrogen) atoms. The normalized spacial score (nSPS) is 14.2. The Balaban J connectivity index is 1.83. The third kappa shape index (κ3) is 6.02. The van der Waals surface area contributed by atoms with Crippen LogP contribution in [0.15, 0.2) is 24.3 Å². The largest absolute Gasteiger partial charge is 0.488 e. The molecule has 1 aliphatic rings. The van der Waals surface area contributed by atoms with Crippen LogP contribution < -0.4 is 15.0 Å². The molecule has 0 saturated carbocycles. The van der Waals surface area contributed by atoms with Crippen LogP contribution in [0.4, 0.5) is 15.8 Å². The smallest absolute Gasteiger partial charge is 0.224 e. The van der Waals surface area contributed by atoms with Crippen LogP contribution >= 0.6 is 0 Å². The molecule has 2 aromatic rings. The molecular formula is C27H37FN2O2. The number of benzene rings is 2. The van der Waals surface area contributed by atoms with Gasteiger partial charge in [-0.2, -0.15) is 0 Å². The molecule has 0 radical (unpaired) electrons. The van der Waals surface area contributed by atoms with Crippen molar-refractivity contribution < 1.29 is 13.9 Å². The van der Waals surface area contributed by atoms with Gasteiger partial charge in [-0.05, 0) is 92.5 Å². The van der Waals surface area contributed by atoms with Gasteiger partial charge in [0.05, 0.1) is 6.10 Å². The van der Waals surface area contributed by atoms with Crippen molar-refractivity contribution in [3.05, 3.63) is 52.3 Å². The minimum Gasteiger partial charge on any atom is -0.488 e. The van der Waals surface area contributed by atoms with Crippen LogP contribution in [0, 0.1) is 25.1 Å². The molecule has 3 rings (SSSR count). The Morgan fingerprint density at radius 1 is 1.12 bits per heavy atom. The first-order chi connectivity index (χ1) is 14.9. The van der Waals surface area contributed by atoms with Crippen LogP contribution in [-0.4, -0.2) is 18.6 Å². The van der Waals surface area contributed by atoms with Crippen molar-refractivity contribution in [2.24, 2.45) is 5.41 Å². The number of fused-ring (bicyclic) bond motifs is 1. The number of halogens is 1. The van der Waals surface area contributed by atoms with Crippen LogP contribution in [0.2, 0.25) is 0 Å². The van der Waals surface area contributed by atoms with Gasteiger partial charge < -0.3 is 15.0 Å². The highest BCUT2D eigenvalue weighted by Gasteiger charge is 2.21. The molecule has 0 aliphatic carbocycles. The van der Waals surface area contributed by atoms with E-state index in [-0.39, 0.29) is 23.2 Å². The van der Waals surface area contributed by atoms with Crippen LogP contribution in [0.5, 0.6) is 5.75 Å². The maximum absolute atomic E-state index is 14.6. The van der Waals surface area contributed by atoms with E-state index in [2.05, 4.69) is 43.1 Å². The van der Waals surface area contributed by atoms with E-state index in [9.17, 15) is 9.18 Å². The summed E-state index contributed by atoms with van der Waals surface area (Å²) in [5.41, 5.74) is 6.18. The second kappa shape index (κ2) is 9.51. The number of rotatable bonds is 5. The van der Waals surface area contributed by atoms with E-state index in [1.165, 1.54) is 0 Å². The summed E-state index contributed by atoms with van der Waals surface area (Å²) in [6.45, 7) is 15.6. The number of carbonyl (C=O) groups is 1. The van der Waals surface area contributed by atoms with Gasteiger partial charge in [-0.1, -0.05) is 20.8 Å². The number of nitrogens with zero attached hydrogens (tertiary/aromatic N) is 1. The molecule has 4 nitrogen and oxygen atoms in total. The second-order valence-electron chi connectivity index (χ2n) is 10.5. The Morgan fingerprint density at radius 2 is 1.78 bits per heavy atom. The molecule has 0 fully saturated rings. The van der Waals surface area contributed by atoms with Gasteiger partial charge in [0.2, 0.25) is 5.91 Å². The Kier molecular flexibility index (Phi) is 7.16. The summed E-state index contributed by atoms with van der Waals surface area (Å²) in [7, 11) is 0. The fraction of sp³-hybridized carbons (Fsp3) is 0.519. The fourth-order valence-electron chi connectivity index (χ4n) is 4.31. The van der Waals surface area contributed by atoms with Crippen molar-refractivity contribution in [1.29, 1.82) is 0 Å². The maximum atomic E-state index is 14.6. The number of carbonyl (C=O) groups excluding carboxylic acids is 1. The monoisotopic (exact) mass is 440 g/mol. The van der Waals surface area contributed by atoms with Gasteiger partial charge in [-0.3, -0.25) is 4.79 Å². The molecule has 1 amide bonds. The van der Waals surface area contributed by atoms with E-state index < -0.39 is 0 Å². The fourth-order valence-corrected chi connectivity index (χ4v) is 4.31. The van der Waals surface area contributed by atoms with Crippen LogP contribution in [-0.2, 0) is 17.8 Å². The number of nitrogens with one attached hydrogen (secondary N) is 1. The van der Waals surface area contributed by atoms with Crippen LogP contribution in [0.3, 0.4) is 0 Å². The Morgan fingerprint density at radius 3 is 2.38 bits per heavy atom. The van der Waals surface area contributed by atoms with Crippen molar-refractivity contribution in [2.45, 2.75) is 80.4 Å². The molecule has 0 spiro atoms. The van der Waals surface area contributed by atoms with Crippen LogP contribution in [0.1, 0.15) is 69.7 Å². The molecule has 1 heterocycles. The maximum Gasteiger partial charge on any atom is 0.224 e. The summed E-state index contributed by atoms with van der Waals surface area (Å²) < 4.78 is 20.3. The van der Waals surface area contributed by atoms with Crippen molar-refractivity contribution in [1.82, 2.24) is 0 Å². The number of ether oxygens (including phenoxy) is 1. The summed E-state index contributed by atoms with van der Waals surface area (Å²) >= 11 is 0. The van der Waals surface area contributed by atoms with Crippen molar-refractivity contribution in [3.8, 4) is 5.75 Å². The molecule has 0 bridgehead atoms. The van der Waals surface area contributed by atoms with Gasteiger partial charge in [-0.15, -0.1) is 0 Å². The predicted octanol–water partition coefficient (Wildman–Crippen LogP) is 6.56. The zero-order valence-corrected chi connectivity index (χ0v) is 20.6. The SMILES string of the molecule is Cc1cc(N2CCCc3cc(OC(C)C)c(F)cc3C2)cc(C)c1NC(=O)CC(C)(C)C. The van der Waals surface area contributed by atoms with Gasteiger partial charge in [0.15, 0.2) is 11.6 Å². The lowest BCUT2D eigenvalue weighted by molar-refractivity contribution is -0.117. The third-order valence-corrected chi connectivity index (χ3v) is 5.69. The zero-order valence-electron chi connectivity index (χ0n) is 20.6. The van der Waals surface area contributed by atoms with Gasteiger partial charge in [0.1, 0.15) is 0 Å². The van der Waals surface area contributed by atoms with E-state index in [1.54, 1.807) is 6.07 Å². The summed E-state index contributed by atoms with van der Waals surface area (Å²) in [6.07, 6.45) is 2.31. The number of amides is 1. The highest BCUT2D eigenvalue weighted by Crippen LogP contribution is 2.33. The Labute approximate surface area is 192 Å². The Bertz CT molecular complexity index is 969. The zero-order chi connectivity index (χ0) is 23.6. The molecule has 1 aliphatic heterocycles. The van der Waals surface area contributed by atoms with Gasteiger partial charge >= 0.3 is 0 Å². The quantitative estimate of drug-likeness (QED) is 0.573. The topological polar surface area (TPSA) is 41.6 Å². The number of hydrogen-bond donors (Lipinski definition) is 1. The van der Waals surface area contributed by atoms with Crippen LogP contribution in [0.25, 0.3) is 0 Å². The first kappa shape index (κ1) is 24.1. The van der Waals surface area contributed by atoms with Gasteiger partial charge in [0, 0.05) is 30.9 Å². The predicted molar refractivity (Wildman–Crippen MR) is 130 cm³/mol.